The maximum Gasteiger partial charge on any atom is 0.433 e. The molecule has 2 N–H and O–H groups in total. The Balaban J connectivity index is 1.33. The molecule has 1 saturated carbocycles. The van der Waals surface area contributed by atoms with E-state index in [1.54, 1.807) is 17.0 Å². The molecule has 5 rings (SSSR count). The summed E-state index contributed by atoms with van der Waals surface area (Å²) in [6.07, 6.45) is -0.733. The van der Waals surface area contributed by atoms with E-state index < -0.39 is 11.9 Å². The second kappa shape index (κ2) is 9.65. The van der Waals surface area contributed by atoms with Crippen LogP contribution in [0.15, 0.2) is 54.6 Å². The predicted octanol–water partition coefficient (Wildman–Crippen LogP) is 5.95. The van der Waals surface area contributed by atoms with E-state index in [2.05, 4.69) is 20.6 Å². The molecule has 5 nitrogen and oxygen atoms in total. The van der Waals surface area contributed by atoms with E-state index in [4.69, 9.17) is 12.2 Å². The van der Waals surface area contributed by atoms with Crippen molar-refractivity contribution in [2.75, 3.05) is 16.8 Å². The Morgan fingerprint density at radius 2 is 1.61 bits per heavy atom. The van der Waals surface area contributed by atoms with Gasteiger partial charge in [0.1, 0.15) is 11.6 Å². The van der Waals surface area contributed by atoms with Crippen molar-refractivity contribution >= 4 is 29.1 Å². The highest BCUT2D eigenvalue weighted by molar-refractivity contribution is 7.80. The number of nitrogens with one attached hydrogen (secondary N) is 2. The van der Waals surface area contributed by atoms with Gasteiger partial charge in [-0.05, 0) is 53.9 Å². The highest BCUT2D eigenvalue weighted by Crippen LogP contribution is 2.40. The first kappa shape index (κ1) is 24.4. The second-order valence-corrected chi connectivity index (χ2v) is 9.77. The van der Waals surface area contributed by atoms with Crippen LogP contribution in [0.25, 0.3) is 0 Å². The van der Waals surface area contributed by atoms with Crippen LogP contribution in [0.4, 0.5) is 29.3 Å². The van der Waals surface area contributed by atoms with Gasteiger partial charge in [0.2, 0.25) is 5.95 Å². The molecule has 2 aliphatic rings. The van der Waals surface area contributed by atoms with Crippen LogP contribution in [0.3, 0.4) is 0 Å². The summed E-state index contributed by atoms with van der Waals surface area (Å²) < 4.78 is 54.4. The summed E-state index contributed by atoms with van der Waals surface area (Å²) in [6, 6.07) is 15.2. The van der Waals surface area contributed by atoms with Crippen LogP contribution < -0.4 is 15.5 Å². The van der Waals surface area contributed by atoms with Gasteiger partial charge in [0.25, 0.3) is 0 Å². The minimum absolute atomic E-state index is 0.137. The third-order valence-corrected chi connectivity index (χ3v) is 7.24. The van der Waals surface area contributed by atoms with Gasteiger partial charge in [0.15, 0.2) is 10.8 Å². The molecule has 1 fully saturated rings. The molecular formula is C26H25F4N5S. The highest BCUT2D eigenvalue weighted by Gasteiger charge is 2.37. The molecule has 0 bridgehead atoms. The molecular weight excluding hydrogens is 490 g/mol. The number of hydrogen-bond acceptors (Lipinski definition) is 4. The maximum absolute atomic E-state index is 13.6. The van der Waals surface area contributed by atoms with Crippen LogP contribution >= 0.6 is 12.2 Å². The molecule has 10 heteroatoms. The topological polar surface area (TPSA) is 53.1 Å². The van der Waals surface area contributed by atoms with Crippen molar-refractivity contribution in [2.24, 2.45) is 0 Å². The zero-order chi connectivity index (χ0) is 25.3. The number of benzene rings is 2. The molecule has 2 aromatic carbocycles. The van der Waals surface area contributed by atoms with Gasteiger partial charge in [-0.25, -0.2) is 9.37 Å². The van der Waals surface area contributed by atoms with Gasteiger partial charge in [-0.1, -0.05) is 49.2 Å². The van der Waals surface area contributed by atoms with E-state index >= 15 is 0 Å². The van der Waals surface area contributed by atoms with Crippen molar-refractivity contribution in [3.63, 3.8) is 0 Å². The van der Waals surface area contributed by atoms with E-state index in [1.165, 1.54) is 12.1 Å². The van der Waals surface area contributed by atoms with E-state index in [0.717, 1.165) is 48.4 Å². The summed E-state index contributed by atoms with van der Waals surface area (Å²) in [4.78, 5) is 9.82. The largest absolute Gasteiger partial charge is 0.433 e. The lowest BCUT2D eigenvalue weighted by Gasteiger charge is -2.30. The van der Waals surface area contributed by atoms with Crippen LogP contribution in [0, 0.1) is 5.82 Å². The molecule has 3 aromatic rings. The first-order chi connectivity index (χ1) is 17.2. The van der Waals surface area contributed by atoms with Crippen molar-refractivity contribution in [3.8, 4) is 0 Å². The Morgan fingerprint density at radius 1 is 0.972 bits per heavy atom. The smallest absolute Gasteiger partial charge is 0.361 e. The quantitative estimate of drug-likeness (QED) is 0.323. The fourth-order valence-corrected chi connectivity index (χ4v) is 5.27. The molecule has 0 radical (unpaired) electrons. The van der Waals surface area contributed by atoms with Crippen LogP contribution in [0.1, 0.15) is 48.1 Å². The van der Waals surface area contributed by atoms with Gasteiger partial charge in [0, 0.05) is 31.1 Å². The number of halogens is 4. The van der Waals surface area contributed by atoms with Gasteiger partial charge in [-0.2, -0.15) is 18.2 Å². The van der Waals surface area contributed by atoms with Gasteiger partial charge in [-0.3, -0.25) is 0 Å². The van der Waals surface area contributed by atoms with Gasteiger partial charge in [-0.15, -0.1) is 0 Å². The molecule has 1 aliphatic heterocycles. The number of aromatic nitrogens is 2. The number of nitrogens with zero attached hydrogens (tertiary/aromatic N) is 3. The Bertz CT molecular complexity index is 1230. The van der Waals surface area contributed by atoms with Crippen LogP contribution in [-0.4, -0.2) is 21.6 Å². The van der Waals surface area contributed by atoms with E-state index in [0.29, 0.717) is 19.6 Å². The fraction of sp³-hybridized carbons (Fsp3) is 0.346. The number of alkyl halides is 3. The van der Waals surface area contributed by atoms with E-state index in [-0.39, 0.29) is 28.1 Å². The number of hydrogen-bond donors (Lipinski definition) is 2. The molecule has 188 valence electrons. The lowest BCUT2D eigenvalue weighted by molar-refractivity contribution is -0.141. The molecule has 1 aromatic heterocycles. The average molecular weight is 516 g/mol. The standard InChI is InChI=1S/C26H25F4N5S/c27-20-9-7-19(8-10-20)25(11-3-4-12-25)16-31-24(36)34-23-32-21(26(28,29)30)13-22(33-23)35-14-17-5-1-2-6-18(17)15-35/h1-2,5-10,13H,3-4,11-12,14-16H2,(H2,31,32,33,34,36). The molecule has 1 aliphatic carbocycles. The first-order valence-corrected chi connectivity index (χ1v) is 12.2. The summed E-state index contributed by atoms with van der Waals surface area (Å²) in [5.74, 6) is -0.330. The van der Waals surface area contributed by atoms with Gasteiger partial charge in [0.05, 0.1) is 0 Å². The minimum Gasteiger partial charge on any atom is -0.361 e. The Labute approximate surface area is 212 Å². The molecule has 0 amide bonds. The summed E-state index contributed by atoms with van der Waals surface area (Å²) in [5.41, 5.74) is 1.87. The molecule has 36 heavy (non-hydrogen) atoms. The predicted molar refractivity (Wildman–Crippen MR) is 134 cm³/mol. The zero-order valence-electron chi connectivity index (χ0n) is 19.4. The van der Waals surface area contributed by atoms with E-state index in [1.807, 2.05) is 24.3 Å². The van der Waals surface area contributed by atoms with Crippen LogP contribution in [-0.2, 0) is 24.7 Å². The summed E-state index contributed by atoms with van der Waals surface area (Å²) in [6.45, 7) is 1.40. The summed E-state index contributed by atoms with van der Waals surface area (Å²) in [7, 11) is 0. The Hall–Kier alpha value is -3.27. The number of rotatable bonds is 5. The molecule has 0 spiro atoms. The zero-order valence-corrected chi connectivity index (χ0v) is 20.2. The molecule has 0 unspecified atom stereocenters. The lowest BCUT2D eigenvalue weighted by Crippen LogP contribution is -2.41. The number of fused-ring (bicyclic) bond motifs is 1. The summed E-state index contributed by atoms with van der Waals surface area (Å²) in [5, 5.41) is 6.03. The van der Waals surface area contributed by atoms with Crippen LogP contribution in [0.5, 0.6) is 0 Å². The van der Waals surface area contributed by atoms with Crippen LogP contribution in [0.2, 0.25) is 0 Å². The Kier molecular flexibility index (Phi) is 6.55. The minimum atomic E-state index is -4.63. The number of thiocarbonyl (C=S) groups is 1. The first-order valence-electron chi connectivity index (χ1n) is 11.8. The lowest BCUT2D eigenvalue weighted by atomic mass is 9.79. The van der Waals surface area contributed by atoms with Gasteiger partial charge < -0.3 is 15.5 Å². The average Bonchev–Trinajstić information content (AvgIpc) is 3.50. The normalized spacial score (nSPS) is 16.6. The van der Waals surface area contributed by atoms with Gasteiger partial charge >= 0.3 is 6.18 Å². The SMILES string of the molecule is Fc1ccc(C2(CNC(=S)Nc3nc(N4Cc5ccccc5C4)cc(C(F)(F)F)n3)CCCC2)cc1. The second-order valence-electron chi connectivity index (χ2n) is 9.36. The fourth-order valence-electron chi connectivity index (χ4n) is 5.11. The van der Waals surface area contributed by atoms with Crippen molar-refractivity contribution in [2.45, 2.75) is 50.4 Å². The maximum atomic E-state index is 13.6. The van der Waals surface area contributed by atoms with Crippen molar-refractivity contribution in [1.82, 2.24) is 15.3 Å². The molecule has 0 atom stereocenters. The number of anilines is 2. The molecule has 0 saturated heterocycles. The monoisotopic (exact) mass is 515 g/mol. The third-order valence-electron chi connectivity index (χ3n) is 7.00. The van der Waals surface area contributed by atoms with E-state index in [9.17, 15) is 17.6 Å². The molecule has 2 heterocycles. The van der Waals surface area contributed by atoms with Crippen molar-refractivity contribution in [3.05, 3.63) is 82.8 Å². The van der Waals surface area contributed by atoms with Crippen molar-refractivity contribution < 1.29 is 17.6 Å². The third kappa shape index (κ3) is 5.13. The highest BCUT2D eigenvalue weighted by atomic mass is 32.1. The summed E-state index contributed by atoms with van der Waals surface area (Å²) >= 11 is 5.41. The van der Waals surface area contributed by atoms with Crippen molar-refractivity contribution in [1.29, 1.82) is 0 Å². The Morgan fingerprint density at radius 3 is 2.22 bits per heavy atom.